The van der Waals surface area contributed by atoms with Crippen LogP contribution < -0.4 is 0 Å². The Labute approximate surface area is 407 Å². The van der Waals surface area contributed by atoms with Crippen LogP contribution in [-0.4, -0.2) is 37.2 Å². The summed E-state index contributed by atoms with van der Waals surface area (Å²) in [7, 11) is 0. The van der Waals surface area contributed by atoms with Crippen molar-refractivity contribution >= 4 is 17.9 Å². The Bertz CT molecular complexity index is 1330. The second kappa shape index (κ2) is 53.9. The average molecular weight is 917 g/mol. The summed E-state index contributed by atoms with van der Waals surface area (Å²) in [5, 5.41) is 0. The van der Waals surface area contributed by atoms with E-state index in [1.807, 2.05) is 0 Å². The van der Waals surface area contributed by atoms with Gasteiger partial charge in [0.05, 0.1) is 0 Å². The Morgan fingerprint density at radius 1 is 0.318 bits per heavy atom. The average Bonchev–Trinajstić information content (AvgIpc) is 3.31. The lowest BCUT2D eigenvalue weighted by atomic mass is 10.1. The van der Waals surface area contributed by atoms with E-state index in [-0.39, 0.29) is 31.1 Å². The second-order valence-electron chi connectivity index (χ2n) is 17.7. The SMILES string of the molecule is CC/C=C\C/C=C\C/C=C\C/C=C\C/C=C\CCCCCC(=O)OCC(COC(=O)CCCCCCC/C=C\CCCCCC)OC(=O)CCCCCCC/C=C\C/C=C\CCCCCC. The summed E-state index contributed by atoms with van der Waals surface area (Å²) >= 11 is 0. The number of ether oxygens (including phenoxy) is 3. The van der Waals surface area contributed by atoms with Crippen LogP contribution >= 0.6 is 0 Å². The van der Waals surface area contributed by atoms with Gasteiger partial charge < -0.3 is 14.2 Å². The van der Waals surface area contributed by atoms with Gasteiger partial charge in [0.15, 0.2) is 6.10 Å². The quantitative estimate of drug-likeness (QED) is 0.0262. The zero-order valence-corrected chi connectivity index (χ0v) is 42.9. The maximum atomic E-state index is 12.8. The minimum atomic E-state index is -0.803. The van der Waals surface area contributed by atoms with Crippen molar-refractivity contribution < 1.29 is 28.6 Å². The first-order chi connectivity index (χ1) is 32.5. The molecule has 1 unspecified atom stereocenters. The molecule has 0 aromatic rings. The van der Waals surface area contributed by atoms with Crippen molar-refractivity contribution in [3.8, 4) is 0 Å². The lowest BCUT2D eigenvalue weighted by Gasteiger charge is -2.18. The molecule has 376 valence electrons. The standard InChI is InChI=1S/C60H100O6/c1-4-7-10-13-16-19-22-25-27-29-30-31-33-35-38-41-44-47-50-53-59(62)65-56-57(55-64-58(61)52-49-46-43-40-37-34-24-21-18-15-12-9-6-3)66-60(63)54-51-48-45-42-39-36-32-28-26-23-20-17-14-11-8-5-2/h7,10,16,19-21,23-25,27-28,30-32,35,38,57H,4-6,8-9,11-15,17-18,22,26,29,33-34,36-37,39-56H2,1-3H3/b10-7-,19-16-,23-20-,24-21-,27-25-,31-30-,32-28-,38-35-. The van der Waals surface area contributed by atoms with Gasteiger partial charge in [0.25, 0.3) is 0 Å². The Kier molecular flexibility index (Phi) is 50.9. The molecule has 0 radical (unpaired) electrons. The molecule has 0 spiro atoms. The molecule has 0 heterocycles. The first-order valence-electron chi connectivity index (χ1n) is 27.2. The molecule has 0 aliphatic carbocycles. The van der Waals surface area contributed by atoms with Crippen LogP contribution in [0.25, 0.3) is 0 Å². The van der Waals surface area contributed by atoms with E-state index in [1.165, 1.54) is 70.6 Å². The smallest absolute Gasteiger partial charge is 0.306 e. The van der Waals surface area contributed by atoms with Crippen LogP contribution in [0.5, 0.6) is 0 Å². The highest BCUT2D eigenvalue weighted by Crippen LogP contribution is 2.13. The molecule has 0 aromatic carbocycles. The third-order valence-corrected chi connectivity index (χ3v) is 11.3. The van der Waals surface area contributed by atoms with Crippen LogP contribution in [-0.2, 0) is 28.6 Å². The predicted molar refractivity (Wildman–Crippen MR) is 284 cm³/mol. The monoisotopic (exact) mass is 917 g/mol. The summed E-state index contributed by atoms with van der Waals surface area (Å²) in [5.41, 5.74) is 0. The van der Waals surface area contributed by atoms with Crippen molar-refractivity contribution in [2.75, 3.05) is 13.2 Å². The molecule has 6 heteroatoms. The second-order valence-corrected chi connectivity index (χ2v) is 17.7. The molecular weight excluding hydrogens is 817 g/mol. The van der Waals surface area contributed by atoms with Crippen molar-refractivity contribution in [1.29, 1.82) is 0 Å². The Balaban J connectivity index is 4.48. The van der Waals surface area contributed by atoms with Crippen molar-refractivity contribution in [2.24, 2.45) is 0 Å². The zero-order chi connectivity index (χ0) is 47.9. The number of hydrogen-bond acceptors (Lipinski definition) is 6. The van der Waals surface area contributed by atoms with Crippen LogP contribution in [0.1, 0.15) is 245 Å². The number of rotatable bonds is 48. The minimum absolute atomic E-state index is 0.0991. The number of carbonyl (C=O) groups is 3. The van der Waals surface area contributed by atoms with Crippen LogP contribution in [0.2, 0.25) is 0 Å². The van der Waals surface area contributed by atoms with Crippen LogP contribution in [0.3, 0.4) is 0 Å². The minimum Gasteiger partial charge on any atom is -0.462 e. The molecule has 0 rings (SSSR count). The largest absolute Gasteiger partial charge is 0.462 e. The number of allylic oxidation sites excluding steroid dienone is 16. The van der Waals surface area contributed by atoms with Crippen LogP contribution in [0, 0.1) is 0 Å². The number of esters is 3. The molecule has 0 saturated carbocycles. The Hall–Kier alpha value is -3.67. The Morgan fingerprint density at radius 3 is 0.955 bits per heavy atom. The number of hydrogen-bond donors (Lipinski definition) is 0. The molecule has 0 N–H and O–H groups in total. The third-order valence-electron chi connectivity index (χ3n) is 11.3. The normalized spacial score (nSPS) is 12.8. The topological polar surface area (TPSA) is 78.9 Å². The first-order valence-corrected chi connectivity index (χ1v) is 27.2. The van der Waals surface area contributed by atoms with E-state index in [0.29, 0.717) is 19.3 Å². The lowest BCUT2D eigenvalue weighted by Crippen LogP contribution is -2.30. The van der Waals surface area contributed by atoms with Crippen molar-refractivity contribution in [3.63, 3.8) is 0 Å². The molecule has 6 nitrogen and oxygen atoms in total. The van der Waals surface area contributed by atoms with Gasteiger partial charge in [-0.25, -0.2) is 0 Å². The van der Waals surface area contributed by atoms with Crippen molar-refractivity contribution in [3.05, 3.63) is 97.2 Å². The summed E-state index contributed by atoms with van der Waals surface area (Å²) in [6, 6.07) is 0. The van der Waals surface area contributed by atoms with Gasteiger partial charge >= 0.3 is 17.9 Å². The molecule has 0 fully saturated rings. The summed E-state index contributed by atoms with van der Waals surface area (Å²) in [6.07, 6.45) is 71.0. The highest BCUT2D eigenvalue weighted by molar-refractivity contribution is 5.71. The molecule has 0 saturated heterocycles. The fraction of sp³-hybridized carbons (Fsp3) is 0.683. The van der Waals surface area contributed by atoms with Gasteiger partial charge in [-0.1, -0.05) is 201 Å². The maximum absolute atomic E-state index is 12.8. The number of carbonyl (C=O) groups excluding carboxylic acids is 3. The highest BCUT2D eigenvalue weighted by atomic mass is 16.6. The molecule has 0 aromatic heterocycles. The summed E-state index contributed by atoms with van der Waals surface area (Å²) in [4.78, 5) is 38.1. The molecule has 0 bridgehead atoms. The number of unbranched alkanes of at least 4 members (excludes halogenated alkanes) is 21. The van der Waals surface area contributed by atoms with Crippen LogP contribution in [0.15, 0.2) is 97.2 Å². The Morgan fingerprint density at radius 2 is 0.591 bits per heavy atom. The van der Waals surface area contributed by atoms with E-state index in [2.05, 4.69) is 118 Å². The highest BCUT2D eigenvalue weighted by Gasteiger charge is 2.19. The van der Waals surface area contributed by atoms with Crippen molar-refractivity contribution in [2.45, 2.75) is 252 Å². The van der Waals surface area contributed by atoms with Crippen molar-refractivity contribution in [1.82, 2.24) is 0 Å². The van der Waals surface area contributed by atoms with Gasteiger partial charge in [-0.2, -0.15) is 0 Å². The summed E-state index contributed by atoms with van der Waals surface area (Å²) in [6.45, 7) is 6.44. The molecule has 0 aliphatic heterocycles. The third kappa shape index (κ3) is 51.3. The lowest BCUT2D eigenvalue weighted by molar-refractivity contribution is -0.167. The predicted octanol–water partition coefficient (Wildman–Crippen LogP) is 18.1. The van der Waals surface area contributed by atoms with E-state index < -0.39 is 6.10 Å². The van der Waals surface area contributed by atoms with Gasteiger partial charge in [0.2, 0.25) is 0 Å². The first kappa shape index (κ1) is 62.3. The maximum Gasteiger partial charge on any atom is 0.306 e. The van der Waals surface area contributed by atoms with Crippen LogP contribution in [0.4, 0.5) is 0 Å². The van der Waals surface area contributed by atoms with E-state index in [9.17, 15) is 14.4 Å². The zero-order valence-electron chi connectivity index (χ0n) is 42.9. The van der Waals surface area contributed by atoms with Gasteiger partial charge in [0.1, 0.15) is 13.2 Å². The van der Waals surface area contributed by atoms with E-state index in [0.717, 1.165) is 135 Å². The summed E-state index contributed by atoms with van der Waals surface area (Å²) in [5.74, 6) is -0.955. The van der Waals surface area contributed by atoms with Gasteiger partial charge in [-0.3, -0.25) is 14.4 Å². The molecule has 66 heavy (non-hydrogen) atoms. The van der Waals surface area contributed by atoms with Gasteiger partial charge in [-0.15, -0.1) is 0 Å². The van der Waals surface area contributed by atoms with E-state index >= 15 is 0 Å². The summed E-state index contributed by atoms with van der Waals surface area (Å²) < 4.78 is 16.8. The molecule has 0 aliphatic rings. The molecule has 1 atom stereocenters. The van der Waals surface area contributed by atoms with Gasteiger partial charge in [-0.05, 0) is 122 Å². The molecular formula is C60H100O6. The van der Waals surface area contributed by atoms with E-state index in [1.54, 1.807) is 0 Å². The molecule has 0 amide bonds. The fourth-order valence-corrected chi connectivity index (χ4v) is 7.20. The van der Waals surface area contributed by atoms with Gasteiger partial charge in [0, 0.05) is 19.3 Å². The fourth-order valence-electron chi connectivity index (χ4n) is 7.20. The van der Waals surface area contributed by atoms with E-state index in [4.69, 9.17) is 14.2 Å².